The Morgan fingerprint density at radius 1 is 1.29 bits per heavy atom. The average molecular weight is 353 g/mol. The zero-order valence-corrected chi connectivity index (χ0v) is 13.9. The lowest BCUT2D eigenvalue weighted by Crippen LogP contribution is -2.35. The molecule has 0 N–H and O–H groups in total. The van der Waals surface area contributed by atoms with Crippen LogP contribution in [0.5, 0.6) is 11.5 Å². The summed E-state index contributed by atoms with van der Waals surface area (Å²) in [5, 5.41) is 0.0988. The Labute approximate surface area is 138 Å². The predicted octanol–water partition coefficient (Wildman–Crippen LogP) is 0.957. The summed E-state index contributed by atoms with van der Waals surface area (Å²) >= 11 is 0. The van der Waals surface area contributed by atoms with Crippen LogP contribution in [-0.4, -0.2) is 32.3 Å². The molecule has 0 unspecified atom stereocenters. The van der Waals surface area contributed by atoms with E-state index in [-0.39, 0.29) is 24.3 Å². The van der Waals surface area contributed by atoms with Crippen molar-refractivity contribution in [3.63, 3.8) is 0 Å². The van der Waals surface area contributed by atoms with E-state index in [2.05, 4.69) is 0 Å². The van der Waals surface area contributed by atoms with Gasteiger partial charge in [-0.25, -0.2) is 13.2 Å². The monoisotopic (exact) mass is 353 g/mol. The van der Waals surface area contributed by atoms with Gasteiger partial charge in [0.1, 0.15) is 22.2 Å². The minimum absolute atomic E-state index is 0.00196. The first kappa shape index (κ1) is 16.5. The number of aryl methyl sites for hydroxylation is 1. The third kappa shape index (κ3) is 2.65. The summed E-state index contributed by atoms with van der Waals surface area (Å²) in [5.41, 5.74) is 0.157. The number of esters is 1. The maximum Gasteiger partial charge on any atom is 0.345 e. The average Bonchev–Trinajstić information content (AvgIpc) is 2.97. The number of pyridine rings is 1. The number of carbonyl (C=O) groups excluding carboxylic acids is 1. The first-order valence-electron chi connectivity index (χ1n) is 7.29. The molecule has 3 rings (SSSR count). The van der Waals surface area contributed by atoms with Crippen LogP contribution in [0.15, 0.2) is 23.2 Å². The molecule has 24 heavy (non-hydrogen) atoms. The van der Waals surface area contributed by atoms with Crippen molar-refractivity contribution >= 4 is 27.0 Å². The number of fused-ring (bicyclic) bond motifs is 2. The van der Waals surface area contributed by atoms with E-state index in [4.69, 9.17) is 14.2 Å². The molecule has 128 valence electrons. The van der Waals surface area contributed by atoms with Crippen LogP contribution >= 0.6 is 0 Å². The highest BCUT2D eigenvalue weighted by Crippen LogP contribution is 2.38. The molecule has 0 aliphatic carbocycles. The molecule has 0 bridgehead atoms. The quantitative estimate of drug-likeness (QED) is 0.458. The van der Waals surface area contributed by atoms with Gasteiger partial charge in [0.25, 0.3) is 0 Å². The maximum absolute atomic E-state index is 12.2. The minimum atomic E-state index is -4.93. The molecule has 1 aromatic carbocycles. The summed E-state index contributed by atoms with van der Waals surface area (Å²) in [7, 11) is -4.93. The molecule has 1 aliphatic rings. The number of hydrogen-bond donors (Lipinski definition) is 0. The lowest BCUT2D eigenvalue weighted by atomic mass is 10.1. The lowest BCUT2D eigenvalue weighted by Gasteiger charge is -2.14. The summed E-state index contributed by atoms with van der Waals surface area (Å²) in [4.78, 5) is 11.6. The van der Waals surface area contributed by atoms with Crippen LogP contribution < -0.4 is 14.0 Å². The molecule has 2 aromatic rings. The number of ether oxygens (including phenoxy) is 3. The summed E-state index contributed by atoms with van der Waals surface area (Å²) in [5.74, 6) is -0.104. The van der Waals surface area contributed by atoms with Gasteiger partial charge in [0.05, 0.1) is 23.0 Å². The molecule has 1 aromatic heterocycles. The van der Waals surface area contributed by atoms with E-state index >= 15 is 0 Å². The van der Waals surface area contributed by atoms with Gasteiger partial charge >= 0.3 is 5.97 Å². The van der Waals surface area contributed by atoms with Gasteiger partial charge < -0.3 is 18.8 Å². The predicted molar refractivity (Wildman–Crippen MR) is 79.9 cm³/mol. The Kier molecular flexibility index (Phi) is 4.06. The Morgan fingerprint density at radius 2 is 1.96 bits per heavy atom. The third-order valence-electron chi connectivity index (χ3n) is 3.66. The van der Waals surface area contributed by atoms with Crippen LogP contribution in [0.3, 0.4) is 0 Å². The fourth-order valence-electron chi connectivity index (χ4n) is 2.67. The van der Waals surface area contributed by atoms with Gasteiger partial charge in [0, 0.05) is 0 Å². The molecule has 0 radical (unpaired) electrons. The number of carbonyl (C=O) groups is 1. The van der Waals surface area contributed by atoms with Gasteiger partial charge in [0.2, 0.25) is 12.3 Å². The van der Waals surface area contributed by atoms with E-state index < -0.39 is 21.0 Å². The molecular formula is C15H15NO7S. The van der Waals surface area contributed by atoms with Crippen molar-refractivity contribution in [1.82, 2.24) is 0 Å². The summed E-state index contributed by atoms with van der Waals surface area (Å²) in [6, 6.07) is 2.99. The minimum Gasteiger partial charge on any atom is -0.744 e. The molecular weight excluding hydrogens is 338 g/mol. The smallest absolute Gasteiger partial charge is 0.345 e. The Balaban J connectivity index is 2.43. The highest BCUT2D eigenvalue weighted by Gasteiger charge is 2.29. The van der Waals surface area contributed by atoms with E-state index in [0.29, 0.717) is 23.6 Å². The second-order valence-corrected chi connectivity index (χ2v) is 6.37. The van der Waals surface area contributed by atoms with Gasteiger partial charge in [-0.2, -0.15) is 4.57 Å². The van der Waals surface area contributed by atoms with Crippen LogP contribution in [0.2, 0.25) is 0 Å². The van der Waals surface area contributed by atoms with Gasteiger partial charge in [-0.3, -0.25) is 0 Å². The molecule has 0 amide bonds. The van der Waals surface area contributed by atoms with Crippen molar-refractivity contribution in [2.45, 2.75) is 25.3 Å². The van der Waals surface area contributed by atoms with Gasteiger partial charge in [0.15, 0.2) is 17.7 Å². The van der Waals surface area contributed by atoms with E-state index in [1.807, 2.05) is 6.92 Å². The van der Waals surface area contributed by atoms with Crippen molar-refractivity contribution < 1.29 is 36.5 Å². The molecule has 0 saturated carbocycles. The van der Waals surface area contributed by atoms with Gasteiger partial charge in [-0.05, 0) is 19.9 Å². The lowest BCUT2D eigenvalue weighted by molar-refractivity contribution is -0.668. The largest absolute Gasteiger partial charge is 0.744 e. The van der Waals surface area contributed by atoms with Crippen LogP contribution in [0.4, 0.5) is 0 Å². The molecule has 0 saturated heterocycles. The zero-order chi connectivity index (χ0) is 17.5. The first-order valence-corrected chi connectivity index (χ1v) is 8.70. The highest BCUT2D eigenvalue weighted by atomic mass is 32.2. The number of hydrogen-bond acceptors (Lipinski definition) is 7. The van der Waals surface area contributed by atoms with E-state index in [1.165, 1.54) is 12.3 Å². The number of benzene rings is 1. The topological polar surface area (TPSA) is 106 Å². The van der Waals surface area contributed by atoms with Crippen molar-refractivity contribution in [3.05, 3.63) is 23.9 Å². The van der Waals surface area contributed by atoms with Gasteiger partial charge in [-0.1, -0.05) is 0 Å². The Hall–Kier alpha value is -2.39. The second-order valence-electron chi connectivity index (χ2n) is 5.06. The first-order chi connectivity index (χ1) is 11.4. The van der Waals surface area contributed by atoms with Gasteiger partial charge in [-0.15, -0.1) is 0 Å². The molecule has 1 aliphatic heterocycles. The molecule has 0 spiro atoms. The number of nitrogens with zero attached hydrogens (tertiary/aromatic N) is 1. The van der Waals surface area contributed by atoms with Crippen LogP contribution in [0, 0.1) is 0 Å². The fourth-order valence-corrected chi connectivity index (χ4v) is 3.50. The van der Waals surface area contributed by atoms with Crippen molar-refractivity contribution in [1.29, 1.82) is 0 Å². The van der Waals surface area contributed by atoms with Crippen LogP contribution in [0.25, 0.3) is 10.9 Å². The van der Waals surface area contributed by atoms with Crippen LogP contribution in [-0.2, 0) is 21.4 Å². The van der Waals surface area contributed by atoms with Crippen LogP contribution in [0.1, 0.15) is 24.2 Å². The normalized spacial score (nSPS) is 13.3. The third-order valence-corrected chi connectivity index (χ3v) is 4.60. The maximum atomic E-state index is 12.2. The number of aromatic nitrogens is 1. The second kappa shape index (κ2) is 5.91. The number of rotatable bonds is 4. The molecule has 8 nitrogen and oxygen atoms in total. The molecule has 0 fully saturated rings. The van der Waals surface area contributed by atoms with E-state index in [1.54, 1.807) is 17.6 Å². The highest BCUT2D eigenvalue weighted by molar-refractivity contribution is 7.86. The Morgan fingerprint density at radius 3 is 2.54 bits per heavy atom. The fraction of sp³-hybridized carbons (Fsp3) is 0.333. The molecule has 0 atom stereocenters. The standard InChI is InChI=1S/C15H15NO7S/c1-3-16-7-10(15(17)21-4-2)14(24(18,19)20)9-5-12-13(6-11(9)16)23-8-22-12/h5-7H,3-4,8H2,1-2H3. The summed E-state index contributed by atoms with van der Waals surface area (Å²) in [6.07, 6.45) is 1.31. The Bertz CT molecular complexity index is 937. The zero-order valence-electron chi connectivity index (χ0n) is 13.1. The SMILES string of the molecule is CCOC(=O)c1c[n+](CC)c2cc3c(cc2c1S(=O)(=O)[O-])OCO3. The van der Waals surface area contributed by atoms with Crippen molar-refractivity contribution in [2.75, 3.05) is 13.4 Å². The summed E-state index contributed by atoms with van der Waals surface area (Å²) < 4.78 is 52.6. The molecule has 2 heterocycles. The van der Waals surface area contributed by atoms with Crippen molar-refractivity contribution in [3.8, 4) is 11.5 Å². The molecule has 9 heteroatoms. The van der Waals surface area contributed by atoms with Crippen molar-refractivity contribution in [2.24, 2.45) is 0 Å². The van der Waals surface area contributed by atoms with E-state index in [0.717, 1.165) is 0 Å². The van der Waals surface area contributed by atoms with E-state index in [9.17, 15) is 17.8 Å². The summed E-state index contributed by atoms with van der Waals surface area (Å²) in [6.45, 7) is 3.92.